The number of ether oxygens (including phenoxy) is 2. The van der Waals surface area contributed by atoms with E-state index in [0.29, 0.717) is 41.9 Å². The molecule has 1 fully saturated rings. The summed E-state index contributed by atoms with van der Waals surface area (Å²) in [6, 6.07) is 23.5. The predicted molar refractivity (Wildman–Crippen MR) is 182 cm³/mol. The summed E-state index contributed by atoms with van der Waals surface area (Å²) >= 11 is 0. The van der Waals surface area contributed by atoms with E-state index >= 15 is 0 Å². The zero-order chi connectivity index (χ0) is 35.8. The molecule has 0 bridgehead atoms. The van der Waals surface area contributed by atoms with E-state index in [-0.39, 0.29) is 21.3 Å². The van der Waals surface area contributed by atoms with Gasteiger partial charge in [0.1, 0.15) is 38.2 Å². The number of benzene rings is 4. The Balaban J connectivity index is 1.11. The number of methoxy groups -OCH3 is 2. The van der Waals surface area contributed by atoms with E-state index in [1.807, 2.05) is 0 Å². The molecule has 0 aliphatic heterocycles. The second-order valence-electron chi connectivity index (χ2n) is 10.9. The van der Waals surface area contributed by atoms with Crippen molar-refractivity contribution < 1.29 is 44.3 Å². The van der Waals surface area contributed by atoms with E-state index < -0.39 is 37.5 Å². The second kappa shape index (κ2) is 15.2. The van der Waals surface area contributed by atoms with E-state index in [1.165, 1.54) is 99.4 Å². The van der Waals surface area contributed by atoms with Crippen LogP contribution < -0.4 is 28.7 Å². The molecule has 1 aliphatic carbocycles. The van der Waals surface area contributed by atoms with Crippen molar-refractivity contribution in [2.75, 3.05) is 14.2 Å². The number of nitrogens with zero attached hydrogens (tertiary/aromatic N) is 2. The van der Waals surface area contributed by atoms with Gasteiger partial charge in [-0.15, -0.1) is 0 Å². The van der Waals surface area contributed by atoms with Crippen LogP contribution >= 0.6 is 0 Å². The van der Waals surface area contributed by atoms with Crippen molar-refractivity contribution in [1.82, 2.24) is 10.9 Å². The normalized spacial score (nSPS) is 14.0. The minimum atomic E-state index is -4.06. The average Bonchev–Trinajstić information content (AvgIpc) is 3.09. The largest absolute Gasteiger partial charge is 0.497 e. The molecular formula is C34H32N4O10S2. The zero-order valence-electron chi connectivity index (χ0n) is 26.8. The SMILES string of the molecule is COc1ccc(S(=O)(=O)Oc2ccc(/C=N/NC(=O)C3(C(=O)N/N=C/c4ccc(OS(=O)(=O)c5ccc(OC)cc5)cc4)CCC3)cc2)cc1. The van der Waals surface area contributed by atoms with E-state index in [1.54, 1.807) is 24.3 Å². The lowest BCUT2D eigenvalue weighted by atomic mass is 9.67. The quantitative estimate of drug-likeness (QED) is 0.0834. The monoisotopic (exact) mass is 720 g/mol. The van der Waals surface area contributed by atoms with Crippen LogP contribution in [0.1, 0.15) is 30.4 Å². The van der Waals surface area contributed by atoms with Crippen LogP contribution in [0.15, 0.2) is 117 Å². The molecule has 0 saturated heterocycles. The van der Waals surface area contributed by atoms with Gasteiger partial charge in [-0.05, 0) is 121 Å². The van der Waals surface area contributed by atoms with Gasteiger partial charge in [-0.2, -0.15) is 27.0 Å². The molecule has 0 atom stereocenters. The van der Waals surface area contributed by atoms with Crippen molar-refractivity contribution in [3.8, 4) is 23.0 Å². The third-order valence-electron chi connectivity index (χ3n) is 7.70. The lowest BCUT2D eigenvalue weighted by molar-refractivity contribution is -0.149. The number of hydrogen-bond donors (Lipinski definition) is 2. The topological polar surface area (TPSA) is 188 Å². The molecule has 0 heterocycles. The lowest BCUT2D eigenvalue weighted by Crippen LogP contribution is -2.53. The lowest BCUT2D eigenvalue weighted by Gasteiger charge is -2.36. The van der Waals surface area contributed by atoms with Crippen molar-refractivity contribution in [3.63, 3.8) is 0 Å². The molecule has 0 aromatic heterocycles. The van der Waals surface area contributed by atoms with Crippen LogP contribution in [0, 0.1) is 5.41 Å². The van der Waals surface area contributed by atoms with Gasteiger partial charge < -0.3 is 17.8 Å². The fraction of sp³-hybridized carbons (Fsp3) is 0.176. The van der Waals surface area contributed by atoms with Crippen molar-refractivity contribution in [2.24, 2.45) is 15.6 Å². The minimum absolute atomic E-state index is 0.0351. The summed E-state index contributed by atoms with van der Waals surface area (Å²) in [5.41, 5.74) is 4.52. The standard InChI is InChI=1S/C34H32N4O10S2/c1-45-26-12-16-30(17-13-26)49(41,42)47-28-8-4-24(5-9-28)22-35-37-32(39)34(20-3-21-34)33(40)38-36-23-25-6-10-29(11-7-25)48-50(43,44)31-18-14-27(46-2)15-19-31/h4-19,22-23H,3,20-21H2,1-2H3,(H,37,39)(H,38,40)/b35-22+,36-23+. The van der Waals surface area contributed by atoms with E-state index in [4.69, 9.17) is 17.8 Å². The first-order valence-electron chi connectivity index (χ1n) is 15.0. The number of rotatable bonds is 14. The smallest absolute Gasteiger partial charge is 0.339 e. The molecule has 5 rings (SSSR count). The molecular weight excluding hydrogens is 689 g/mol. The van der Waals surface area contributed by atoms with Gasteiger partial charge in [0.05, 0.1) is 26.6 Å². The van der Waals surface area contributed by atoms with Crippen LogP contribution in [-0.4, -0.2) is 55.3 Å². The molecule has 1 saturated carbocycles. The summed E-state index contributed by atoms with van der Waals surface area (Å²) in [4.78, 5) is 25.9. The number of carbonyl (C=O) groups is 2. The van der Waals surface area contributed by atoms with Crippen LogP contribution in [0.2, 0.25) is 0 Å². The number of hydrogen-bond acceptors (Lipinski definition) is 12. The van der Waals surface area contributed by atoms with Crippen LogP contribution in [0.25, 0.3) is 0 Å². The molecule has 2 N–H and O–H groups in total. The van der Waals surface area contributed by atoms with E-state index in [0.717, 1.165) is 0 Å². The highest BCUT2D eigenvalue weighted by Gasteiger charge is 2.51. The van der Waals surface area contributed by atoms with Gasteiger partial charge in [0, 0.05) is 0 Å². The van der Waals surface area contributed by atoms with Crippen LogP contribution in [0.3, 0.4) is 0 Å². The first-order chi connectivity index (χ1) is 23.9. The van der Waals surface area contributed by atoms with Gasteiger partial charge in [0.2, 0.25) is 0 Å². The molecule has 0 radical (unpaired) electrons. The van der Waals surface area contributed by atoms with Gasteiger partial charge >= 0.3 is 20.2 Å². The Labute approximate surface area is 289 Å². The van der Waals surface area contributed by atoms with Crippen molar-refractivity contribution >= 4 is 44.5 Å². The molecule has 0 unspecified atom stereocenters. The summed E-state index contributed by atoms with van der Waals surface area (Å²) in [6.07, 6.45) is 3.96. The molecule has 4 aromatic rings. The van der Waals surface area contributed by atoms with Gasteiger partial charge in [0.15, 0.2) is 0 Å². The zero-order valence-corrected chi connectivity index (χ0v) is 28.4. The summed E-state index contributed by atoms with van der Waals surface area (Å²) < 4.78 is 70.7. The summed E-state index contributed by atoms with van der Waals surface area (Å²) in [5.74, 6) is -0.0287. The van der Waals surface area contributed by atoms with Gasteiger partial charge in [-0.3, -0.25) is 9.59 Å². The van der Waals surface area contributed by atoms with Gasteiger partial charge in [-0.1, -0.05) is 6.42 Å². The Kier molecular flexibility index (Phi) is 10.8. The molecule has 0 spiro atoms. The summed E-state index contributed by atoms with van der Waals surface area (Å²) in [5, 5.41) is 7.91. The average molecular weight is 721 g/mol. The molecule has 14 nitrogen and oxygen atoms in total. The predicted octanol–water partition coefficient (Wildman–Crippen LogP) is 4.01. The van der Waals surface area contributed by atoms with Crippen molar-refractivity contribution in [3.05, 3.63) is 108 Å². The maximum absolute atomic E-state index is 13.0. The summed E-state index contributed by atoms with van der Waals surface area (Å²) in [7, 11) is -5.18. The van der Waals surface area contributed by atoms with Crippen LogP contribution in [0.5, 0.6) is 23.0 Å². The second-order valence-corrected chi connectivity index (χ2v) is 14.0. The highest BCUT2D eigenvalue weighted by molar-refractivity contribution is 7.87. The Morgan fingerprint density at radius 3 is 1.22 bits per heavy atom. The minimum Gasteiger partial charge on any atom is -0.497 e. The molecule has 260 valence electrons. The number of carbonyl (C=O) groups excluding carboxylic acids is 2. The Morgan fingerprint density at radius 2 is 0.920 bits per heavy atom. The third-order valence-corrected chi connectivity index (χ3v) is 10.2. The Bertz CT molecular complexity index is 1950. The molecule has 4 aromatic carbocycles. The Hall–Kier alpha value is -5.74. The third kappa shape index (κ3) is 8.45. The van der Waals surface area contributed by atoms with Crippen molar-refractivity contribution in [2.45, 2.75) is 29.1 Å². The highest BCUT2D eigenvalue weighted by atomic mass is 32.2. The van der Waals surface area contributed by atoms with E-state index in [2.05, 4.69) is 21.1 Å². The molecule has 50 heavy (non-hydrogen) atoms. The summed E-state index contributed by atoms with van der Waals surface area (Å²) in [6.45, 7) is 0. The molecule has 2 amide bonds. The number of nitrogens with one attached hydrogen (secondary N) is 2. The van der Waals surface area contributed by atoms with Crippen LogP contribution in [-0.2, 0) is 29.8 Å². The van der Waals surface area contributed by atoms with Gasteiger partial charge in [0.25, 0.3) is 11.8 Å². The first kappa shape index (κ1) is 35.6. The van der Waals surface area contributed by atoms with E-state index in [9.17, 15) is 26.4 Å². The highest BCUT2D eigenvalue weighted by Crippen LogP contribution is 2.41. The fourth-order valence-electron chi connectivity index (χ4n) is 4.69. The first-order valence-corrected chi connectivity index (χ1v) is 17.8. The van der Waals surface area contributed by atoms with Crippen molar-refractivity contribution in [1.29, 1.82) is 0 Å². The molecule has 1 aliphatic rings. The number of hydrazone groups is 2. The fourth-order valence-corrected chi connectivity index (χ4v) is 6.55. The number of amides is 2. The Morgan fingerprint density at radius 1 is 0.580 bits per heavy atom. The molecule has 16 heteroatoms. The maximum Gasteiger partial charge on any atom is 0.339 e. The van der Waals surface area contributed by atoms with Crippen LogP contribution in [0.4, 0.5) is 0 Å². The maximum atomic E-state index is 13.0. The van der Waals surface area contributed by atoms with Gasteiger partial charge in [-0.25, -0.2) is 10.9 Å².